The van der Waals surface area contributed by atoms with Crippen LogP contribution >= 0.6 is 0 Å². The monoisotopic (exact) mass is 310 g/mol. The summed E-state index contributed by atoms with van der Waals surface area (Å²) in [5, 5.41) is 0. The van der Waals surface area contributed by atoms with E-state index in [9.17, 15) is 4.79 Å². The van der Waals surface area contributed by atoms with Crippen LogP contribution in [-0.2, 0) is 14.3 Å². The molecule has 0 radical (unpaired) electrons. The van der Waals surface area contributed by atoms with Crippen LogP contribution < -0.4 is 5.73 Å². The zero-order valence-corrected chi connectivity index (χ0v) is 13.5. The Bertz CT molecular complexity index is 357. The highest BCUT2D eigenvalue weighted by atomic mass is 16.5. The molecule has 3 rings (SSSR count). The minimum Gasteiger partial charge on any atom is -0.381 e. The van der Waals surface area contributed by atoms with Crippen LogP contribution in [-0.4, -0.2) is 55.4 Å². The number of piperidine rings is 1. The summed E-state index contributed by atoms with van der Waals surface area (Å²) in [6.07, 6.45) is 9.60. The number of hydrogen-bond acceptors (Lipinski definition) is 4. The fourth-order valence-electron chi connectivity index (χ4n) is 4.00. The van der Waals surface area contributed by atoms with Crippen molar-refractivity contribution in [1.29, 1.82) is 0 Å². The average molecular weight is 310 g/mol. The molecule has 1 saturated carbocycles. The number of nitrogens with two attached hydrogens (primary N) is 1. The number of likely N-dealkylation sites (tertiary alicyclic amines) is 1. The number of amides is 1. The summed E-state index contributed by atoms with van der Waals surface area (Å²) in [6.45, 7) is 3.08. The van der Waals surface area contributed by atoms with Gasteiger partial charge < -0.3 is 20.1 Å². The van der Waals surface area contributed by atoms with E-state index in [0.29, 0.717) is 12.2 Å². The normalized spacial score (nSPS) is 27.2. The van der Waals surface area contributed by atoms with Crippen molar-refractivity contribution in [2.45, 2.75) is 69.6 Å². The van der Waals surface area contributed by atoms with Crippen molar-refractivity contribution in [3.8, 4) is 0 Å². The van der Waals surface area contributed by atoms with Crippen molar-refractivity contribution in [3.63, 3.8) is 0 Å². The maximum Gasteiger partial charge on any atom is 0.239 e. The number of ether oxygens (including phenoxy) is 2. The van der Waals surface area contributed by atoms with Gasteiger partial charge in [-0.15, -0.1) is 0 Å². The van der Waals surface area contributed by atoms with E-state index in [1.165, 1.54) is 25.7 Å². The van der Waals surface area contributed by atoms with E-state index in [-0.39, 0.29) is 17.9 Å². The van der Waals surface area contributed by atoms with Gasteiger partial charge >= 0.3 is 0 Å². The zero-order valence-electron chi connectivity index (χ0n) is 13.5. The number of rotatable bonds is 4. The highest BCUT2D eigenvalue weighted by Gasteiger charge is 2.32. The van der Waals surface area contributed by atoms with Crippen molar-refractivity contribution in [1.82, 2.24) is 4.90 Å². The summed E-state index contributed by atoms with van der Waals surface area (Å²) in [4.78, 5) is 14.5. The largest absolute Gasteiger partial charge is 0.381 e. The van der Waals surface area contributed by atoms with Gasteiger partial charge in [-0.2, -0.15) is 0 Å². The Balaban J connectivity index is 1.42. The summed E-state index contributed by atoms with van der Waals surface area (Å²) < 4.78 is 11.5. The molecule has 0 aromatic heterocycles. The molecule has 1 aliphatic carbocycles. The lowest BCUT2D eigenvalue weighted by atomic mass is 9.91. The van der Waals surface area contributed by atoms with Crippen molar-refractivity contribution in [2.75, 3.05) is 26.3 Å². The quantitative estimate of drug-likeness (QED) is 0.858. The maximum atomic E-state index is 12.6. The van der Waals surface area contributed by atoms with Crippen LogP contribution in [0.3, 0.4) is 0 Å². The highest BCUT2D eigenvalue weighted by molar-refractivity contribution is 5.82. The molecule has 2 saturated heterocycles. The Hall–Kier alpha value is -0.650. The van der Waals surface area contributed by atoms with Gasteiger partial charge in [-0.3, -0.25) is 4.79 Å². The molecule has 2 heterocycles. The molecule has 2 aliphatic heterocycles. The molecular formula is C17H30N2O3. The first-order chi connectivity index (χ1) is 10.7. The fraction of sp³-hybridized carbons (Fsp3) is 0.941. The van der Waals surface area contributed by atoms with Crippen LogP contribution in [0.2, 0.25) is 0 Å². The van der Waals surface area contributed by atoms with Crippen LogP contribution in [0, 0.1) is 5.92 Å². The van der Waals surface area contributed by atoms with Gasteiger partial charge in [0.05, 0.1) is 18.2 Å². The van der Waals surface area contributed by atoms with E-state index >= 15 is 0 Å². The minimum atomic E-state index is -0.351. The third-order valence-electron chi connectivity index (χ3n) is 5.50. The Labute approximate surface area is 133 Å². The molecule has 22 heavy (non-hydrogen) atoms. The molecule has 1 unspecified atom stereocenters. The summed E-state index contributed by atoms with van der Waals surface area (Å²) in [5.74, 6) is 0.417. The molecule has 0 spiro atoms. The lowest BCUT2D eigenvalue weighted by Crippen LogP contribution is -2.52. The van der Waals surface area contributed by atoms with Gasteiger partial charge in [0.2, 0.25) is 5.91 Å². The van der Waals surface area contributed by atoms with E-state index in [0.717, 1.165) is 52.0 Å². The van der Waals surface area contributed by atoms with Crippen LogP contribution in [0.5, 0.6) is 0 Å². The van der Waals surface area contributed by atoms with Gasteiger partial charge in [-0.25, -0.2) is 0 Å². The van der Waals surface area contributed by atoms with Crippen LogP contribution in [0.25, 0.3) is 0 Å². The smallest absolute Gasteiger partial charge is 0.239 e. The number of hydrogen-bond donors (Lipinski definition) is 1. The van der Waals surface area contributed by atoms with Gasteiger partial charge in [0, 0.05) is 26.3 Å². The van der Waals surface area contributed by atoms with E-state index in [1.54, 1.807) is 0 Å². The predicted molar refractivity (Wildman–Crippen MR) is 84.5 cm³/mol. The molecule has 1 amide bonds. The molecule has 0 aromatic rings. The molecule has 3 fully saturated rings. The summed E-state index contributed by atoms with van der Waals surface area (Å²) in [6, 6.07) is -0.351. The van der Waals surface area contributed by atoms with Gasteiger partial charge in [0.25, 0.3) is 0 Å². The second-order valence-corrected chi connectivity index (χ2v) is 7.04. The van der Waals surface area contributed by atoms with Crippen molar-refractivity contribution >= 4 is 5.91 Å². The lowest BCUT2D eigenvalue weighted by molar-refractivity contribution is -0.138. The number of carbonyl (C=O) groups excluding carboxylic acids is 1. The average Bonchev–Trinajstić information content (AvgIpc) is 3.08. The van der Waals surface area contributed by atoms with Gasteiger partial charge in [-0.1, -0.05) is 12.8 Å². The van der Waals surface area contributed by atoms with Gasteiger partial charge in [0.15, 0.2) is 0 Å². The third-order valence-corrected chi connectivity index (χ3v) is 5.50. The summed E-state index contributed by atoms with van der Waals surface area (Å²) >= 11 is 0. The summed E-state index contributed by atoms with van der Waals surface area (Å²) in [5.41, 5.74) is 6.21. The van der Waals surface area contributed by atoms with Crippen LogP contribution in [0.15, 0.2) is 0 Å². The van der Waals surface area contributed by atoms with Gasteiger partial charge in [0.1, 0.15) is 0 Å². The second kappa shape index (κ2) is 7.75. The predicted octanol–water partition coefficient (Wildman–Crippen LogP) is 1.69. The molecule has 126 valence electrons. The van der Waals surface area contributed by atoms with Gasteiger partial charge in [-0.05, 0) is 44.4 Å². The Morgan fingerprint density at radius 3 is 2.23 bits per heavy atom. The molecule has 0 aromatic carbocycles. The second-order valence-electron chi connectivity index (χ2n) is 7.04. The Morgan fingerprint density at radius 1 is 1.00 bits per heavy atom. The first-order valence-corrected chi connectivity index (χ1v) is 9.01. The van der Waals surface area contributed by atoms with Crippen molar-refractivity contribution in [2.24, 2.45) is 11.7 Å². The molecule has 2 N–H and O–H groups in total. The molecule has 5 nitrogen and oxygen atoms in total. The molecule has 3 aliphatic rings. The van der Waals surface area contributed by atoms with Crippen LogP contribution in [0.1, 0.15) is 51.4 Å². The number of nitrogens with zero attached hydrogens (tertiary/aromatic N) is 1. The maximum absolute atomic E-state index is 12.6. The van der Waals surface area contributed by atoms with Crippen LogP contribution in [0.4, 0.5) is 0 Å². The topological polar surface area (TPSA) is 64.8 Å². The van der Waals surface area contributed by atoms with E-state index in [4.69, 9.17) is 15.2 Å². The zero-order chi connectivity index (χ0) is 15.4. The molecular weight excluding hydrogens is 280 g/mol. The van der Waals surface area contributed by atoms with Crippen molar-refractivity contribution < 1.29 is 14.3 Å². The Morgan fingerprint density at radius 2 is 1.59 bits per heavy atom. The van der Waals surface area contributed by atoms with E-state index in [2.05, 4.69) is 0 Å². The standard InChI is InChI=1S/C17H30N2O3/c18-16(13-7-11-21-12-8-13)17(20)19-9-5-15(6-10-19)22-14-3-1-2-4-14/h13-16H,1-12,18H2. The minimum absolute atomic E-state index is 0.131. The third kappa shape index (κ3) is 4.00. The fourth-order valence-corrected chi connectivity index (χ4v) is 4.00. The number of carbonyl (C=O) groups is 1. The van der Waals surface area contributed by atoms with E-state index < -0.39 is 0 Å². The summed E-state index contributed by atoms with van der Waals surface area (Å²) in [7, 11) is 0. The SMILES string of the molecule is NC(C(=O)N1CCC(OC2CCCC2)CC1)C1CCOCC1. The molecule has 1 atom stereocenters. The molecule has 5 heteroatoms. The Kier molecular flexibility index (Phi) is 5.71. The lowest BCUT2D eigenvalue weighted by Gasteiger charge is -2.36. The first kappa shape index (κ1) is 16.2. The highest BCUT2D eigenvalue weighted by Crippen LogP contribution is 2.26. The van der Waals surface area contributed by atoms with E-state index in [1.807, 2.05) is 4.90 Å². The van der Waals surface area contributed by atoms with Crippen molar-refractivity contribution in [3.05, 3.63) is 0 Å². The molecule has 0 bridgehead atoms. The first-order valence-electron chi connectivity index (χ1n) is 9.01.